The van der Waals surface area contributed by atoms with E-state index in [2.05, 4.69) is 9.97 Å². The first-order valence-electron chi connectivity index (χ1n) is 8.10. The van der Waals surface area contributed by atoms with Crippen LogP contribution in [0.25, 0.3) is 22.3 Å². The average molecular weight is 378 g/mol. The fourth-order valence-corrected chi connectivity index (χ4v) is 3.14. The molecule has 0 saturated heterocycles. The van der Waals surface area contributed by atoms with Gasteiger partial charge in [-0.3, -0.25) is 14.3 Å². The second-order valence-corrected chi connectivity index (χ2v) is 6.26. The summed E-state index contributed by atoms with van der Waals surface area (Å²) in [7, 11) is 0. The minimum atomic E-state index is -0.425. The predicted molar refractivity (Wildman–Crippen MR) is 96.7 cm³/mol. The van der Waals surface area contributed by atoms with Crippen molar-refractivity contribution in [2.24, 2.45) is 0 Å². The minimum Gasteiger partial charge on any atom is -0.464 e. The number of aromatic nitrogens is 3. The molecule has 0 aliphatic carbocycles. The fraction of sp³-hybridized carbons (Fsp3) is 0.278. The molecule has 0 unspecified atom stereocenters. The Balaban J connectivity index is 2.25. The molecular weight excluding hydrogens is 361 g/mol. The number of imidazole rings is 1. The summed E-state index contributed by atoms with van der Waals surface area (Å²) in [5.74, 6) is -0.797. The van der Waals surface area contributed by atoms with Crippen LogP contribution in [0.3, 0.4) is 0 Å². The predicted octanol–water partition coefficient (Wildman–Crippen LogP) is 3.70. The van der Waals surface area contributed by atoms with Crippen molar-refractivity contribution < 1.29 is 13.9 Å². The number of esters is 1. The molecule has 1 atom stereocenters. The smallest absolute Gasteiger partial charge is 0.328 e. The van der Waals surface area contributed by atoms with Gasteiger partial charge in [0.2, 0.25) is 0 Å². The van der Waals surface area contributed by atoms with Gasteiger partial charge in [0.1, 0.15) is 12.4 Å². The third-order valence-electron chi connectivity index (χ3n) is 4.14. The van der Waals surface area contributed by atoms with E-state index < -0.39 is 5.97 Å². The van der Waals surface area contributed by atoms with Gasteiger partial charge in [0, 0.05) is 18.7 Å². The standard InChI is InChI=1S/C18H17ClFN3O3/c1-3-13(9-26-10(2)24)23-16-15(11-4-6-12(20)7-5-11)14(19)8-21-17(16)22-18(23)25/h4-8,13H,3,9H2,1-2H3,(H,21,22,25)/t13-/m1/s1. The lowest BCUT2D eigenvalue weighted by Crippen LogP contribution is -2.26. The zero-order chi connectivity index (χ0) is 18.8. The lowest BCUT2D eigenvalue weighted by molar-refractivity contribution is -0.142. The molecule has 1 aromatic carbocycles. The number of hydrogen-bond acceptors (Lipinski definition) is 4. The van der Waals surface area contributed by atoms with Crippen LogP contribution >= 0.6 is 11.6 Å². The quantitative estimate of drug-likeness (QED) is 0.688. The summed E-state index contributed by atoms with van der Waals surface area (Å²) in [5, 5.41) is 0.333. The Morgan fingerprint density at radius 2 is 2.08 bits per heavy atom. The van der Waals surface area contributed by atoms with Gasteiger partial charge in [-0.1, -0.05) is 30.7 Å². The molecule has 0 bridgehead atoms. The zero-order valence-electron chi connectivity index (χ0n) is 14.3. The summed E-state index contributed by atoms with van der Waals surface area (Å²) in [4.78, 5) is 30.6. The van der Waals surface area contributed by atoms with E-state index in [-0.39, 0.29) is 24.2 Å². The van der Waals surface area contributed by atoms with Crippen molar-refractivity contribution in [3.8, 4) is 11.1 Å². The number of hydrogen-bond donors (Lipinski definition) is 1. The van der Waals surface area contributed by atoms with Crippen LogP contribution in [0.2, 0.25) is 5.02 Å². The Morgan fingerprint density at radius 1 is 1.38 bits per heavy atom. The van der Waals surface area contributed by atoms with E-state index in [9.17, 15) is 14.0 Å². The third kappa shape index (κ3) is 3.35. The van der Waals surface area contributed by atoms with Gasteiger partial charge in [-0.25, -0.2) is 14.2 Å². The van der Waals surface area contributed by atoms with Crippen molar-refractivity contribution in [2.45, 2.75) is 26.3 Å². The Kier molecular flexibility index (Phi) is 5.08. The number of nitrogens with one attached hydrogen (secondary N) is 1. The van der Waals surface area contributed by atoms with Gasteiger partial charge in [0.25, 0.3) is 0 Å². The van der Waals surface area contributed by atoms with E-state index in [4.69, 9.17) is 16.3 Å². The molecule has 0 spiro atoms. The second kappa shape index (κ2) is 7.29. The molecular formula is C18H17ClFN3O3. The summed E-state index contributed by atoms with van der Waals surface area (Å²) in [5.41, 5.74) is 1.69. The monoisotopic (exact) mass is 377 g/mol. The molecule has 136 valence electrons. The minimum absolute atomic E-state index is 0.0497. The molecule has 6 nitrogen and oxygen atoms in total. The van der Waals surface area contributed by atoms with Crippen LogP contribution in [-0.4, -0.2) is 27.1 Å². The average Bonchev–Trinajstić information content (AvgIpc) is 2.93. The number of pyridine rings is 1. The SMILES string of the molecule is CC[C@H](COC(C)=O)n1c(=O)[nH]c2ncc(Cl)c(-c3ccc(F)cc3)c21. The Bertz CT molecular complexity index is 1010. The maximum absolute atomic E-state index is 13.3. The van der Waals surface area contributed by atoms with Gasteiger partial charge in [0.05, 0.1) is 16.6 Å². The molecule has 3 aromatic rings. The molecule has 26 heavy (non-hydrogen) atoms. The Morgan fingerprint density at radius 3 is 2.69 bits per heavy atom. The molecule has 0 radical (unpaired) electrons. The highest BCUT2D eigenvalue weighted by Crippen LogP contribution is 2.34. The lowest BCUT2D eigenvalue weighted by Gasteiger charge is -2.18. The first kappa shape index (κ1) is 18.1. The number of nitrogens with zero attached hydrogens (tertiary/aromatic N) is 2. The highest BCUT2D eigenvalue weighted by molar-refractivity contribution is 6.34. The van der Waals surface area contributed by atoms with E-state index in [0.29, 0.717) is 33.7 Å². The van der Waals surface area contributed by atoms with Gasteiger partial charge in [-0.2, -0.15) is 0 Å². The van der Waals surface area contributed by atoms with E-state index in [1.54, 1.807) is 12.1 Å². The van der Waals surface area contributed by atoms with E-state index in [0.717, 1.165) is 0 Å². The molecule has 8 heteroatoms. The maximum Gasteiger partial charge on any atom is 0.328 e. The molecule has 0 aliphatic rings. The van der Waals surface area contributed by atoms with Gasteiger partial charge >= 0.3 is 11.7 Å². The van der Waals surface area contributed by atoms with Crippen LogP contribution in [0.1, 0.15) is 26.3 Å². The van der Waals surface area contributed by atoms with E-state index in [1.807, 2.05) is 6.92 Å². The van der Waals surface area contributed by atoms with Crippen molar-refractivity contribution in [1.82, 2.24) is 14.5 Å². The van der Waals surface area contributed by atoms with Crippen molar-refractivity contribution in [3.05, 3.63) is 51.8 Å². The number of ether oxygens (including phenoxy) is 1. The number of rotatable bonds is 5. The van der Waals surface area contributed by atoms with E-state index in [1.165, 1.54) is 29.8 Å². The first-order valence-corrected chi connectivity index (χ1v) is 8.48. The van der Waals surface area contributed by atoms with Crippen LogP contribution in [-0.2, 0) is 9.53 Å². The second-order valence-electron chi connectivity index (χ2n) is 5.85. The van der Waals surface area contributed by atoms with Crippen molar-refractivity contribution in [2.75, 3.05) is 6.61 Å². The van der Waals surface area contributed by atoms with Crippen LogP contribution in [0.5, 0.6) is 0 Å². The van der Waals surface area contributed by atoms with Crippen LogP contribution in [0.15, 0.2) is 35.3 Å². The molecule has 0 aliphatic heterocycles. The van der Waals surface area contributed by atoms with Gasteiger partial charge < -0.3 is 4.74 Å². The molecule has 1 N–H and O–H groups in total. The van der Waals surface area contributed by atoms with Gasteiger partial charge in [-0.05, 0) is 24.1 Å². The number of carbonyl (C=O) groups is 1. The number of H-pyrrole nitrogens is 1. The Labute approximate surface area is 153 Å². The highest BCUT2D eigenvalue weighted by atomic mass is 35.5. The molecule has 0 saturated carbocycles. The van der Waals surface area contributed by atoms with Crippen molar-refractivity contribution >= 4 is 28.7 Å². The van der Waals surface area contributed by atoms with Crippen molar-refractivity contribution in [3.63, 3.8) is 0 Å². The van der Waals surface area contributed by atoms with Crippen LogP contribution < -0.4 is 5.69 Å². The molecule has 3 rings (SSSR count). The number of halogens is 2. The van der Waals surface area contributed by atoms with Crippen molar-refractivity contribution in [1.29, 1.82) is 0 Å². The molecule has 2 aromatic heterocycles. The maximum atomic E-state index is 13.3. The number of carbonyl (C=O) groups excluding carboxylic acids is 1. The normalized spacial score (nSPS) is 12.3. The molecule has 0 fully saturated rings. The van der Waals surface area contributed by atoms with Gasteiger partial charge in [0.15, 0.2) is 5.65 Å². The van der Waals surface area contributed by atoms with E-state index >= 15 is 0 Å². The zero-order valence-corrected chi connectivity index (χ0v) is 15.0. The van der Waals surface area contributed by atoms with Crippen LogP contribution in [0, 0.1) is 5.82 Å². The largest absolute Gasteiger partial charge is 0.464 e. The fourth-order valence-electron chi connectivity index (χ4n) is 2.90. The molecule has 2 heterocycles. The summed E-state index contributed by atoms with van der Waals surface area (Å²) < 4.78 is 19.9. The summed E-state index contributed by atoms with van der Waals surface area (Å²) in [6, 6.07) is 5.43. The number of benzene rings is 1. The van der Waals surface area contributed by atoms with Gasteiger partial charge in [-0.15, -0.1) is 0 Å². The topological polar surface area (TPSA) is 77.0 Å². The number of aromatic amines is 1. The summed E-state index contributed by atoms with van der Waals surface area (Å²) in [6.07, 6.45) is 1.99. The third-order valence-corrected chi connectivity index (χ3v) is 4.43. The number of fused-ring (bicyclic) bond motifs is 1. The Hall–Kier alpha value is -2.67. The summed E-state index contributed by atoms with van der Waals surface area (Å²) >= 11 is 6.36. The molecule has 0 amide bonds. The van der Waals surface area contributed by atoms with Crippen LogP contribution in [0.4, 0.5) is 4.39 Å². The summed E-state index contributed by atoms with van der Waals surface area (Å²) in [6.45, 7) is 3.25. The first-order chi connectivity index (χ1) is 12.4. The highest BCUT2D eigenvalue weighted by Gasteiger charge is 2.22. The lowest BCUT2D eigenvalue weighted by atomic mass is 10.1.